The van der Waals surface area contributed by atoms with Crippen LogP contribution in [0, 0.1) is 11.6 Å². The molecule has 1 atom stereocenters. The third-order valence-electron chi connectivity index (χ3n) is 4.72. The zero-order valence-electron chi connectivity index (χ0n) is 16.1. The highest BCUT2D eigenvalue weighted by Gasteiger charge is 2.19. The van der Waals surface area contributed by atoms with Gasteiger partial charge in [-0.25, -0.2) is 13.8 Å². The Bertz CT molecular complexity index is 1030. The van der Waals surface area contributed by atoms with Crippen molar-refractivity contribution in [2.45, 2.75) is 25.6 Å². The lowest BCUT2D eigenvalue weighted by atomic mass is 10.2. The Kier molecular flexibility index (Phi) is 6.35. The fraction of sp³-hybridized carbons (Fsp3) is 0.273. The van der Waals surface area contributed by atoms with Gasteiger partial charge in [-0.15, -0.1) is 11.3 Å². The third-order valence-corrected chi connectivity index (χ3v) is 5.59. The van der Waals surface area contributed by atoms with E-state index in [-0.39, 0.29) is 35.7 Å². The molecule has 8 heteroatoms. The Labute approximate surface area is 176 Å². The Morgan fingerprint density at radius 2 is 2.17 bits per heavy atom. The predicted molar refractivity (Wildman–Crippen MR) is 110 cm³/mol. The molecule has 3 aromatic rings. The lowest BCUT2D eigenvalue weighted by molar-refractivity contribution is 0.0854. The largest absolute Gasteiger partial charge is 0.489 e. The maximum Gasteiger partial charge on any atom is 0.270 e. The first kappa shape index (κ1) is 20.4. The quantitative estimate of drug-likeness (QED) is 0.596. The monoisotopic (exact) mass is 430 g/mol. The van der Waals surface area contributed by atoms with E-state index in [1.807, 2.05) is 0 Å². The van der Waals surface area contributed by atoms with Gasteiger partial charge in [-0.1, -0.05) is 12.1 Å². The molecule has 1 fully saturated rings. The highest BCUT2D eigenvalue weighted by molar-refractivity contribution is 7.13. The molecule has 0 radical (unpaired) electrons. The van der Waals surface area contributed by atoms with Crippen molar-refractivity contribution in [3.8, 4) is 16.3 Å². The van der Waals surface area contributed by atoms with Crippen molar-refractivity contribution >= 4 is 17.2 Å². The summed E-state index contributed by atoms with van der Waals surface area (Å²) < 4.78 is 38.9. The number of benzene rings is 2. The molecule has 2 aromatic carbocycles. The number of hydrogen-bond donors (Lipinski definition) is 1. The van der Waals surface area contributed by atoms with Gasteiger partial charge in [0.1, 0.15) is 34.7 Å². The zero-order chi connectivity index (χ0) is 20.9. The molecule has 2 heterocycles. The Balaban J connectivity index is 1.38. The molecule has 156 valence electrons. The highest BCUT2D eigenvalue weighted by Crippen LogP contribution is 2.29. The Hall–Kier alpha value is -2.84. The van der Waals surface area contributed by atoms with Gasteiger partial charge in [0.25, 0.3) is 5.91 Å². The van der Waals surface area contributed by atoms with E-state index in [4.69, 9.17) is 9.47 Å². The van der Waals surface area contributed by atoms with Crippen LogP contribution in [0.3, 0.4) is 0 Å². The summed E-state index contributed by atoms with van der Waals surface area (Å²) in [4.78, 5) is 16.5. The van der Waals surface area contributed by atoms with Crippen LogP contribution in [0.5, 0.6) is 5.75 Å². The van der Waals surface area contributed by atoms with Crippen LogP contribution in [0.2, 0.25) is 0 Å². The predicted octanol–water partition coefficient (Wildman–Crippen LogP) is 4.58. The topological polar surface area (TPSA) is 60.5 Å². The molecular formula is C22H20F2N2O3S. The smallest absolute Gasteiger partial charge is 0.270 e. The number of nitrogens with one attached hydrogen (secondary N) is 1. The van der Waals surface area contributed by atoms with Crippen molar-refractivity contribution in [2.75, 3.05) is 13.2 Å². The number of nitrogens with zero attached hydrogens (tertiary/aromatic N) is 1. The molecule has 0 aliphatic carbocycles. The van der Waals surface area contributed by atoms with Gasteiger partial charge in [0, 0.05) is 30.2 Å². The number of halogens is 2. The average Bonchev–Trinajstić information content (AvgIpc) is 3.43. The maximum atomic E-state index is 14.6. The minimum atomic E-state index is -0.507. The molecule has 0 saturated carbocycles. The summed E-state index contributed by atoms with van der Waals surface area (Å²) in [5.41, 5.74) is 1.19. The molecule has 1 amide bonds. The summed E-state index contributed by atoms with van der Waals surface area (Å²) in [5.74, 6) is -0.834. The lowest BCUT2D eigenvalue weighted by Crippen LogP contribution is -2.31. The van der Waals surface area contributed by atoms with Crippen LogP contribution in [-0.2, 0) is 11.3 Å². The second-order valence-electron chi connectivity index (χ2n) is 6.94. The highest BCUT2D eigenvalue weighted by atomic mass is 32.1. The summed E-state index contributed by atoms with van der Waals surface area (Å²) in [7, 11) is 0. The number of aromatic nitrogens is 1. The minimum absolute atomic E-state index is 0.0458. The maximum absolute atomic E-state index is 14.6. The molecule has 1 unspecified atom stereocenters. The minimum Gasteiger partial charge on any atom is -0.489 e. The molecule has 1 N–H and O–H groups in total. The molecule has 1 aromatic heterocycles. The van der Waals surface area contributed by atoms with E-state index in [2.05, 4.69) is 10.3 Å². The van der Waals surface area contributed by atoms with Gasteiger partial charge < -0.3 is 14.8 Å². The van der Waals surface area contributed by atoms with E-state index in [1.54, 1.807) is 29.6 Å². The van der Waals surface area contributed by atoms with E-state index in [0.717, 1.165) is 19.4 Å². The Morgan fingerprint density at radius 1 is 1.27 bits per heavy atom. The summed E-state index contributed by atoms with van der Waals surface area (Å²) in [6, 6.07) is 10.5. The molecule has 5 nitrogen and oxygen atoms in total. The van der Waals surface area contributed by atoms with Gasteiger partial charge >= 0.3 is 0 Å². The van der Waals surface area contributed by atoms with Crippen LogP contribution < -0.4 is 10.1 Å². The summed E-state index contributed by atoms with van der Waals surface area (Å²) in [6.07, 6.45) is 1.98. The molecule has 1 aliphatic rings. The van der Waals surface area contributed by atoms with Gasteiger partial charge in [0.05, 0.1) is 6.10 Å². The molecule has 1 aliphatic heterocycles. The van der Waals surface area contributed by atoms with E-state index in [0.29, 0.717) is 22.9 Å². The molecule has 0 spiro atoms. The summed E-state index contributed by atoms with van der Waals surface area (Å²) >= 11 is 1.20. The summed E-state index contributed by atoms with van der Waals surface area (Å²) in [5, 5.41) is 4.82. The van der Waals surface area contributed by atoms with Crippen LogP contribution in [0.4, 0.5) is 8.78 Å². The van der Waals surface area contributed by atoms with E-state index in [1.165, 1.54) is 29.5 Å². The Morgan fingerprint density at radius 3 is 2.93 bits per heavy atom. The van der Waals surface area contributed by atoms with Crippen LogP contribution in [-0.4, -0.2) is 30.1 Å². The van der Waals surface area contributed by atoms with Crippen LogP contribution >= 0.6 is 11.3 Å². The van der Waals surface area contributed by atoms with Crippen LogP contribution in [0.15, 0.2) is 47.8 Å². The first-order valence-corrected chi connectivity index (χ1v) is 10.5. The molecule has 4 rings (SSSR count). The standard InChI is InChI=1S/C22H20F2N2O3S/c23-15-4-1-3-14(9-15)12-29-16-6-7-18(19(24)10-16)22-26-20(13-30-22)21(27)25-11-17-5-2-8-28-17/h1,3-4,6-7,9-10,13,17H,2,5,8,11-12H2,(H,25,27). The van der Waals surface area contributed by atoms with Gasteiger partial charge in [0.2, 0.25) is 0 Å². The fourth-order valence-electron chi connectivity index (χ4n) is 3.16. The van der Waals surface area contributed by atoms with Crippen LogP contribution in [0.1, 0.15) is 28.9 Å². The third kappa shape index (κ3) is 5.01. The number of carbonyl (C=O) groups excluding carboxylic acids is 1. The second-order valence-corrected chi connectivity index (χ2v) is 7.80. The van der Waals surface area contributed by atoms with Gasteiger partial charge in [-0.3, -0.25) is 4.79 Å². The number of hydrogen-bond acceptors (Lipinski definition) is 5. The first-order chi connectivity index (χ1) is 14.6. The number of rotatable bonds is 7. The molecular weight excluding hydrogens is 410 g/mol. The second kappa shape index (κ2) is 9.32. The van der Waals surface area contributed by atoms with Crippen molar-refractivity contribution in [2.24, 2.45) is 0 Å². The molecule has 30 heavy (non-hydrogen) atoms. The van der Waals surface area contributed by atoms with Crippen LogP contribution in [0.25, 0.3) is 10.6 Å². The first-order valence-electron chi connectivity index (χ1n) is 9.61. The van der Waals surface area contributed by atoms with Crippen molar-refractivity contribution in [3.05, 3.63) is 70.7 Å². The van der Waals surface area contributed by atoms with E-state index < -0.39 is 5.82 Å². The van der Waals surface area contributed by atoms with Gasteiger partial charge in [0.15, 0.2) is 0 Å². The SMILES string of the molecule is O=C(NCC1CCCO1)c1csc(-c2ccc(OCc3cccc(F)c3)cc2F)n1. The van der Waals surface area contributed by atoms with Crippen molar-refractivity contribution in [1.82, 2.24) is 10.3 Å². The van der Waals surface area contributed by atoms with E-state index in [9.17, 15) is 13.6 Å². The number of amides is 1. The normalized spacial score (nSPS) is 15.9. The average molecular weight is 430 g/mol. The molecule has 0 bridgehead atoms. The zero-order valence-corrected chi connectivity index (χ0v) is 16.9. The number of carbonyl (C=O) groups is 1. The number of thiazole rings is 1. The van der Waals surface area contributed by atoms with Gasteiger partial charge in [-0.2, -0.15) is 0 Å². The lowest BCUT2D eigenvalue weighted by Gasteiger charge is -2.09. The molecule has 1 saturated heterocycles. The van der Waals surface area contributed by atoms with Crippen molar-refractivity contribution < 1.29 is 23.0 Å². The van der Waals surface area contributed by atoms with Crippen molar-refractivity contribution in [1.29, 1.82) is 0 Å². The van der Waals surface area contributed by atoms with Crippen molar-refractivity contribution in [3.63, 3.8) is 0 Å². The van der Waals surface area contributed by atoms with E-state index >= 15 is 0 Å². The number of ether oxygens (including phenoxy) is 2. The fourth-order valence-corrected chi connectivity index (χ4v) is 3.98. The summed E-state index contributed by atoms with van der Waals surface area (Å²) in [6.45, 7) is 1.29. The van der Waals surface area contributed by atoms with Gasteiger partial charge in [-0.05, 0) is 42.7 Å².